The third-order valence-corrected chi connectivity index (χ3v) is 5.35. The quantitative estimate of drug-likeness (QED) is 0.698. The fourth-order valence-electron chi connectivity index (χ4n) is 3.84. The van der Waals surface area contributed by atoms with Crippen molar-refractivity contribution in [2.45, 2.75) is 60.0 Å². The van der Waals surface area contributed by atoms with Crippen LogP contribution in [0.25, 0.3) is 0 Å². The van der Waals surface area contributed by atoms with Gasteiger partial charge in [-0.05, 0) is 36.2 Å². The summed E-state index contributed by atoms with van der Waals surface area (Å²) in [5, 5.41) is 0. The highest BCUT2D eigenvalue weighted by Gasteiger charge is 2.40. The van der Waals surface area contributed by atoms with Crippen molar-refractivity contribution < 1.29 is 9.53 Å². The minimum absolute atomic E-state index is 0.00583. The van der Waals surface area contributed by atoms with E-state index in [0.29, 0.717) is 23.7 Å². The van der Waals surface area contributed by atoms with Crippen molar-refractivity contribution in [3.8, 4) is 0 Å². The molecule has 0 heterocycles. The van der Waals surface area contributed by atoms with Crippen LogP contribution in [-0.4, -0.2) is 12.1 Å². The predicted molar refractivity (Wildman–Crippen MR) is 86.8 cm³/mol. The van der Waals surface area contributed by atoms with E-state index >= 15 is 0 Å². The van der Waals surface area contributed by atoms with Gasteiger partial charge in [0.2, 0.25) is 0 Å². The lowest BCUT2D eigenvalue weighted by atomic mass is 9.66. The first-order valence-electron chi connectivity index (χ1n) is 8.58. The number of allylic oxidation sites excluding steroid dienone is 3. The molecule has 0 spiro atoms. The Bertz CT molecular complexity index is 435. The molecule has 0 fully saturated rings. The number of carbonyl (C=O) groups is 1. The molecule has 1 unspecified atom stereocenters. The summed E-state index contributed by atoms with van der Waals surface area (Å²) in [6.07, 6.45) is 9.97. The van der Waals surface area contributed by atoms with Crippen LogP contribution in [0.4, 0.5) is 0 Å². The third-order valence-electron chi connectivity index (χ3n) is 5.35. The second-order valence-corrected chi connectivity index (χ2v) is 6.98. The summed E-state index contributed by atoms with van der Waals surface area (Å²) in [6, 6.07) is 0. The van der Waals surface area contributed by atoms with Crippen LogP contribution in [-0.2, 0) is 9.53 Å². The molecule has 0 N–H and O–H groups in total. The molecule has 0 radical (unpaired) electrons. The van der Waals surface area contributed by atoms with E-state index in [9.17, 15) is 4.79 Å². The molecule has 0 aromatic rings. The summed E-state index contributed by atoms with van der Waals surface area (Å²) >= 11 is 0. The Labute approximate surface area is 129 Å². The summed E-state index contributed by atoms with van der Waals surface area (Å²) in [7, 11) is 0. The first-order chi connectivity index (χ1) is 9.97. The van der Waals surface area contributed by atoms with E-state index in [-0.39, 0.29) is 18.0 Å². The molecule has 0 aliphatic heterocycles. The summed E-state index contributed by atoms with van der Waals surface area (Å²) in [4.78, 5) is 12.2. The van der Waals surface area contributed by atoms with E-state index in [2.05, 4.69) is 39.0 Å². The summed E-state index contributed by atoms with van der Waals surface area (Å²) in [6.45, 7) is 10.8. The van der Waals surface area contributed by atoms with Gasteiger partial charge in [-0.3, -0.25) is 4.79 Å². The van der Waals surface area contributed by atoms with Crippen LogP contribution >= 0.6 is 0 Å². The van der Waals surface area contributed by atoms with Gasteiger partial charge in [-0.15, -0.1) is 0 Å². The normalized spacial score (nSPS) is 36.6. The number of ether oxygens (including phenoxy) is 1. The number of hydrogen-bond donors (Lipinski definition) is 0. The van der Waals surface area contributed by atoms with Crippen molar-refractivity contribution in [2.24, 2.45) is 29.6 Å². The molecule has 0 aromatic heterocycles. The minimum atomic E-state index is -0.0204. The molecule has 118 valence electrons. The number of esters is 1. The highest BCUT2D eigenvalue weighted by molar-refractivity contribution is 5.72. The molecule has 21 heavy (non-hydrogen) atoms. The highest BCUT2D eigenvalue weighted by Crippen LogP contribution is 2.44. The van der Waals surface area contributed by atoms with Crippen molar-refractivity contribution in [2.75, 3.05) is 0 Å². The lowest BCUT2D eigenvalue weighted by molar-refractivity contribution is -0.158. The van der Waals surface area contributed by atoms with E-state index in [1.165, 1.54) is 5.57 Å². The number of rotatable bonds is 4. The summed E-state index contributed by atoms with van der Waals surface area (Å²) in [5.74, 6) is 2.01. The smallest absolute Gasteiger partial charge is 0.308 e. The molecule has 0 saturated carbocycles. The van der Waals surface area contributed by atoms with Gasteiger partial charge in [0.05, 0.1) is 5.92 Å². The van der Waals surface area contributed by atoms with Gasteiger partial charge in [-0.1, -0.05) is 59.3 Å². The zero-order valence-electron chi connectivity index (χ0n) is 14.1. The highest BCUT2D eigenvalue weighted by atomic mass is 16.5. The van der Waals surface area contributed by atoms with Crippen LogP contribution < -0.4 is 0 Å². The van der Waals surface area contributed by atoms with Gasteiger partial charge < -0.3 is 4.74 Å². The van der Waals surface area contributed by atoms with Crippen molar-refractivity contribution in [1.82, 2.24) is 0 Å². The number of hydrogen-bond acceptors (Lipinski definition) is 2. The van der Waals surface area contributed by atoms with Crippen molar-refractivity contribution in [1.29, 1.82) is 0 Å². The van der Waals surface area contributed by atoms with Crippen LogP contribution in [0.3, 0.4) is 0 Å². The fourth-order valence-corrected chi connectivity index (χ4v) is 3.84. The molecule has 0 bridgehead atoms. The van der Waals surface area contributed by atoms with Crippen molar-refractivity contribution in [3.05, 3.63) is 23.8 Å². The van der Waals surface area contributed by atoms with Gasteiger partial charge >= 0.3 is 5.97 Å². The Kier molecular flexibility index (Phi) is 5.29. The average molecular weight is 290 g/mol. The molecule has 2 heteroatoms. The maximum atomic E-state index is 12.2. The largest absolute Gasteiger partial charge is 0.461 e. The second kappa shape index (κ2) is 6.81. The Morgan fingerprint density at radius 2 is 2.10 bits per heavy atom. The molecule has 2 aliphatic carbocycles. The molecular formula is C19H30O2. The van der Waals surface area contributed by atoms with Crippen LogP contribution in [0.2, 0.25) is 0 Å². The molecule has 2 aliphatic rings. The summed E-state index contributed by atoms with van der Waals surface area (Å²) in [5.41, 5.74) is 1.39. The van der Waals surface area contributed by atoms with Gasteiger partial charge in [0.15, 0.2) is 0 Å². The van der Waals surface area contributed by atoms with E-state index in [1.807, 2.05) is 13.8 Å². The van der Waals surface area contributed by atoms with E-state index in [1.54, 1.807) is 0 Å². The number of carbonyl (C=O) groups excluding carboxylic acids is 1. The van der Waals surface area contributed by atoms with Gasteiger partial charge in [-0.25, -0.2) is 0 Å². The Morgan fingerprint density at radius 3 is 2.71 bits per heavy atom. The molecule has 0 aromatic carbocycles. The lowest BCUT2D eigenvalue weighted by Gasteiger charge is -2.42. The van der Waals surface area contributed by atoms with Crippen LogP contribution in [0.15, 0.2) is 23.8 Å². The minimum Gasteiger partial charge on any atom is -0.461 e. The zero-order chi connectivity index (χ0) is 15.6. The first kappa shape index (κ1) is 16.3. The van der Waals surface area contributed by atoms with E-state index in [0.717, 1.165) is 19.3 Å². The van der Waals surface area contributed by atoms with Crippen LogP contribution in [0.1, 0.15) is 53.9 Å². The standard InChI is InChI=1S/C19H30O2/c1-6-13(4)19(20)21-17-11-12(3)10-15-9-8-14(5)16(7-2)18(15)17/h8-10,12-14,16-18H,6-7,11H2,1-5H3/t12-,13-,14-,16?,17-,18-/m0/s1. The molecule has 0 amide bonds. The topological polar surface area (TPSA) is 26.3 Å². The molecular weight excluding hydrogens is 260 g/mol. The van der Waals surface area contributed by atoms with Gasteiger partial charge in [0.1, 0.15) is 6.10 Å². The number of fused-ring (bicyclic) bond motifs is 1. The molecule has 6 atom stereocenters. The van der Waals surface area contributed by atoms with Crippen LogP contribution in [0, 0.1) is 29.6 Å². The first-order valence-corrected chi connectivity index (χ1v) is 8.58. The monoisotopic (exact) mass is 290 g/mol. The maximum absolute atomic E-state index is 12.2. The Morgan fingerprint density at radius 1 is 1.38 bits per heavy atom. The van der Waals surface area contributed by atoms with E-state index < -0.39 is 0 Å². The van der Waals surface area contributed by atoms with Crippen molar-refractivity contribution >= 4 is 5.97 Å². The SMILES string of the molecule is CCC1[C@@H](C)C=CC2=C[C@H](C)C[C@H](OC(=O)[C@@H](C)CC)[C@@H]21. The summed E-state index contributed by atoms with van der Waals surface area (Å²) < 4.78 is 5.95. The molecule has 2 nitrogen and oxygen atoms in total. The Balaban J connectivity index is 2.23. The predicted octanol–water partition coefficient (Wildman–Crippen LogP) is 4.76. The fraction of sp³-hybridized carbons (Fsp3) is 0.737. The van der Waals surface area contributed by atoms with Gasteiger partial charge in [0.25, 0.3) is 0 Å². The Hall–Kier alpha value is -1.05. The average Bonchev–Trinajstić information content (AvgIpc) is 2.46. The maximum Gasteiger partial charge on any atom is 0.308 e. The zero-order valence-corrected chi connectivity index (χ0v) is 14.1. The van der Waals surface area contributed by atoms with Gasteiger partial charge in [0, 0.05) is 5.92 Å². The molecule has 0 saturated heterocycles. The van der Waals surface area contributed by atoms with Gasteiger partial charge in [-0.2, -0.15) is 0 Å². The van der Waals surface area contributed by atoms with Crippen LogP contribution in [0.5, 0.6) is 0 Å². The lowest BCUT2D eigenvalue weighted by Crippen LogP contribution is -2.41. The van der Waals surface area contributed by atoms with Crippen molar-refractivity contribution in [3.63, 3.8) is 0 Å². The van der Waals surface area contributed by atoms with E-state index in [4.69, 9.17) is 4.74 Å². The third kappa shape index (κ3) is 3.41. The molecule has 2 rings (SSSR count). The second-order valence-electron chi connectivity index (χ2n) is 6.98.